The van der Waals surface area contributed by atoms with Gasteiger partial charge in [0.05, 0.1) is 9.95 Å². The van der Waals surface area contributed by atoms with Crippen LogP contribution in [0.2, 0.25) is 5.02 Å². The summed E-state index contributed by atoms with van der Waals surface area (Å²) in [5.74, 6) is -0.0728. The molecule has 4 nitrogen and oxygen atoms in total. The second kappa shape index (κ2) is 5.63. The lowest BCUT2D eigenvalue weighted by molar-refractivity contribution is -0.384. The summed E-state index contributed by atoms with van der Waals surface area (Å²) in [6, 6.07) is 13.0. The number of ketones is 1. The van der Waals surface area contributed by atoms with Crippen molar-refractivity contribution in [2.24, 2.45) is 0 Å². The summed E-state index contributed by atoms with van der Waals surface area (Å²) in [7, 11) is 0. The third kappa shape index (κ3) is 3.17. The molecule has 0 radical (unpaired) electrons. The topological polar surface area (TPSA) is 60.2 Å². The van der Waals surface area contributed by atoms with Gasteiger partial charge >= 0.3 is 0 Å². The maximum absolute atomic E-state index is 12.0. The second-order valence-corrected chi connectivity index (χ2v) is 4.41. The molecule has 0 saturated heterocycles. The van der Waals surface area contributed by atoms with E-state index >= 15 is 0 Å². The van der Waals surface area contributed by atoms with Crippen LogP contribution in [0.4, 0.5) is 5.69 Å². The van der Waals surface area contributed by atoms with Crippen molar-refractivity contribution in [2.45, 2.75) is 6.42 Å². The molecule has 0 aromatic heterocycles. The first kappa shape index (κ1) is 13.2. The highest BCUT2D eigenvalue weighted by atomic mass is 35.5. The summed E-state index contributed by atoms with van der Waals surface area (Å²) < 4.78 is 0. The van der Waals surface area contributed by atoms with Crippen molar-refractivity contribution in [3.63, 3.8) is 0 Å². The van der Waals surface area contributed by atoms with E-state index in [9.17, 15) is 14.9 Å². The van der Waals surface area contributed by atoms with Crippen LogP contribution >= 0.6 is 11.6 Å². The Morgan fingerprint density at radius 3 is 2.42 bits per heavy atom. The highest BCUT2D eigenvalue weighted by molar-refractivity contribution is 6.31. The van der Waals surface area contributed by atoms with E-state index in [1.807, 2.05) is 6.07 Å². The summed E-state index contributed by atoms with van der Waals surface area (Å²) in [5, 5.41) is 10.8. The average molecular weight is 276 g/mol. The minimum Gasteiger partial charge on any atom is -0.294 e. The Kier molecular flexibility index (Phi) is 3.92. The first-order valence-electron chi connectivity index (χ1n) is 5.59. The van der Waals surface area contributed by atoms with Crippen molar-refractivity contribution in [1.29, 1.82) is 0 Å². The van der Waals surface area contributed by atoms with Crippen molar-refractivity contribution < 1.29 is 9.72 Å². The minimum atomic E-state index is -0.519. The van der Waals surface area contributed by atoms with Crippen LogP contribution in [0.15, 0.2) is 48.5 Å². The predicted molar refractivity (Wildman–Crippen MR) is 72.6 cm³/mol. The molecule has 0 N–H and O–H groups in total. The van der Waals surface area contributed by atoms with Crippen LogP contribution in [0.25, 0.3) is 0 Å². The van der Waals surface area contributed by atoms with E-state index < -0.39 is 4.92 Å². The van der Waals surface area contributed by atoms with Gasteiger partial charge in [0, 0.05) is 24.1 Å². The first-order chi connectivity index (χ1) is 9.08. The van der Waals surface area contributed by atoms with Crippen LogP contribution in [0.3, 0.4) is 0 Å². The van der Waals surface area contributed by atoms with E-state index in [-0.39, 0.29) is 22.9 Å². The molecule has 96 valence electrons. The Bertz CT molecular complexity index is 626. The quantitative estimate of drug-likeness (QED) is 0.486. The third-order valence-electron chi connectivity index (χ3n) is 2.69. The Labute approximate surface area is 114 Å². The molecule has 0 bridgehead atoms. The zero-order chi connectivity index (χ0) is 13.8. The monoisotopic (exact) mass is 275 g/mol. The molecular formula is C14H10ClNO3. The number of nitro benzene ring substituents is 1. The van der Waals surface area contributed by atoms with Gasteiger partial charge in [-0.2, -0.15) is 0 Å². The summed E-state index contributed by atoms with van der Waals surface area (Å²) >= 11 is 5.95. The molecule has 2 aromatic carbocycles. The van der Waals surface area contributed by atoms with E-state index in [1.54, 1.807) is 24.3 Å². The number of carbonyl (C=O) groups excluding carboxylic acids is 1. The minimum absolute atomic E-state index is 0.0728. The van der Waals surface area contributed by atoms with Crippen LogP contribution < -0.4 is 0 Å². The van der Waals surface area contributed by atoms with E-state index in [4.69, 9.17) is 11.6 Å². The number of benzene rings is 2. The summed E-state index contributed by atoms with van der Waals surface area (Å²) in [5.41, 5.74) is 1.10. The Morgan fingerprint density at radius 1 is 1.16 bits per heavy atom. The maximum atomic E-state index is 12.0. The molecule has 19 heavy (non-hydrogen) atoms. The lowest BCUT2D eigenvalue weighted by Crippen LogP contribution is -2.04. The van der Waals surface area contributed by atoms with Gasteiger partial charge in [0.15, 0.2) is 5.78 Å². The van der Waals surface area contributed by atoms with Crippen LogP contribution in [0.5, 0.6) is 0 Å². The van der Waals surface area contributed by atoms with Gasteiger partial charge in [-0.25, -0.2) is 0 Å². The van der Waals surface area contributed by atoms with Gasteiger partial charge in [-0.05, 0) is 5.56 Å². The highest BCUT2D eigenvalue weighted by Crippen LogP contribution is 2.23. The lowest BCUT2D eigenvalue weighted by Gasteiger charge is -2.04. The summed E-state index contributed by atoms with van der Waals surface area (Å²) in [4.78, 5) is 22.1. The van der Waals surface area contributed by atoms with Crippen LogP contribution in [-0.4, -0.2) is 10.7 Å². The van der Waals surface area contributed by atoms with Crippen molar-refractivity contribution in [3.05, 3.63) is 74.8 Å². The standard InChI is InChI=1S/C14H10ClNO3/c15-13-9-12(16(18)19)7-6-11(13)8-14(17)10-4-2-1-3-5-10/h1-7,9H,8H2. The summed E-state index contributed by atoms with van der Waals surface area (Å²) in [6.07, 6.45) is 0.126. The highest BCUT2D eigenvalue weighted by Gasteiger charge is 2.13. The lowest BCUT2D eigenvalue weighted by atomic mass is 10.0. The molecule has 5 heteroatoms. The van der Waals surface area contributed by atoms with Gasteiger partial charge in [-0.15, -0.1) is 0 Å². The van der Waals surface area contributed by atoms with Crippen molar-refractivity contribution in [3.8, 4) is 0 Å². The van der Waals surface area contributed by atoms with Gasteiger partial charge in [0.2, 0.25) is 0 Å². The molecule has 0 aliphatic carbocycles. The molecule has 2 aromatic rings. The number of nitro groups is 1. The fraction of sp³-hybridized carbons (Fsp3) is 0.0714. The number of rotatable bonds is 4. The van der Waals surface area contributed by atoms with Crippen LogP contribution in [-0.2, 0) is 6.42 Å². The number of hydrogen-bond acceptors (Lipinski definition) is 3. The van der Waals surface area contributed by atoms with Crippen molar-refractivity contribution in [1.82, 2.24) is 0 Å². The fourth-order valence-electron chi connectivity index (χ4n) is 1.69. The van der Waals surface area contributed by atoms with Gasteiger partial charge in [-0.1, -0.05) is 48.0 Å². The molecule has 0 atom stereocenters. The molecule has 0 fully saturated rings. The first-order valence-corrected chi connectivity index (χ1v) is 5.97. The average Bonchev–Trinajstić information content (AvgIpc) is 2.41. The zero-order valence-corrected chi connectivity index (χ0v) is 10.6. The number of carbonyl (C=O) groups is 1. The molecule has 2 rings (SSSR count). The van der Waals surface area contributed by atoms with E-state index in [0.717, 1.165) is 0 Å². The number of nitrogens with zero attached hydrogens (tertiary/aromatic N) is 1. The van der Waals surface area contributed by atoms with E-state index in [2.05, 4.69) is 0 Å². The maximum Gasteiger partial charge on any atom is 0.270 e. The predicted octanol–water partition coefficient (Wildman–Crippen LogP) is 3.67. The van der Waals surface area contributed by atoms with E-state index in [1.165, 1.54) is 18.2 Å². The molecule has 0 spiro atoms. The number of non-ortho nitro benzene ring substituents is 1. The molecule has 0 unspecified atom stereocenters. The molecule has 0 aliphatic rings. The number of hydrogen-bond donors (Lipinski definition) is 0. The van der Waals surface area contributed by atoms with Gasteiger partial charge < -0.3 is 0 Å². The largest absolute Gasteiger partial charge is 0.294 e. The zero-order valence-electron chi connectivity index (χ0n) is 9.88. The Balaban J connectivity index is 2.20. The second-order valence-electron chi connectivity index (χ2n) is 4.00. The van der Waals surface area contributed by atoms with Crippen LogP contribution in [0.1, 0.15) is 15.9 Å². The van der Waals surface area contributed by atoms with Gasteiger partial charge in [0.25, 0.3) is 5.69 Å². The smallest absolute Gasteiger partial charge is 0.270 e. The fourth-order valence-corrected chi connectivity index (χ4v) is 1.93. The molecular weight excluding hydrogens is 266 g/mol. The SMILES string of the molecule is O=C(Cc1ccc([N+](=O)[O-])cc1Cl)c1ccccc1. The van der Waals surface area contributed by atoms with Gasteiger partial charge in [0.1, 0.15) is 0 Å². The Morgan fingerprint density at radius 2 is 1.84 bits per heavy atom. The molecule has 0 heterocycles. The number of Topliss-reactive ketones (excluding diaryl/α,β-unsaturated/α-hetero) is 1. The van der Waals surface area contributed by atoms with Crippen molar-refractivity contribution >= 4 is 23.1 Å². The molecule has 0 aliphatic heterocycles. The third-order valence-corrected chi connectivity index (χ3v) is 3.05. The van der Waals surface area contributed by atoms with Crippen LogP contribution in [0, 0.1) is 10.1 Å². The molecule has 0 amide bonds. The van der Waals surface area contributed by atoms with Crippen molar-refractivity contribution in [2.75, 3.05) is 0 Å². The van der Waals surface area contributed by atoms with Gasteiger partial charge in [-0.3, -0.25) is 14.9 Å². The normalized spacial score (nSPS) is 10.2. The Hall–Kier alpha value is -2.20. The summed E-state index contributed by atoms with van der Waals surface area (Å²) in [6.45, 7) is 0. The van der Waals surface area contributed by atoms with E-state index in [0.29, 0.717) is 11.1 Å². The molecule has 0 saturated carbocycles. The number of halogens is 1.